The van der Waals surface area contributed by atoms with Gasteiger partial charge in [0.1, 0.15) is 5.75 Å². The van der Waals surface area contributed by atoms with Crippen molar-refractivity contribution in [3.05, 3.63) is 59.2 Å². The Morgan fingerprint density at radius 1 is 0.962 bits per heavy atom. The molecular weight excluding hydrogens is 330 g/mol. The van der Waals surface area contributed by atoms with E-state index < -0.39 is 5.91 Å². The van der Waals surface area contributed by atoms with Crippen LogP contribution >= 0.6 is 0 Å². The van der Waals surface area contributed by atoms with Gasteiger partial charge in [0.15, 0.2) is 6.61 Å². The van der Waals surface area contributed by atoms with Crippen LogP contribution in [0.5, 0.6) is 5.75 Å². The Labute approximate surface area is 153 Å². The SMILES string of the molecule is CCc1ccc(OCC(=O)NNC(=O)CNc2ccc(C)cc2C)cc1. The molecule has 0 spiro atoms. The molecule has 26 heavy (non-hydrogen) atoms. The van der Waals surface area contributed by atoms with Crippen LogP contribution in [0, 0.1) is 13.8 Å². The van der Waals surface area contributed by atoms with Crippen molar-refractivity contribution in [2.45, 2.75) is 27.2 Å². The second kappa shape index (κ2) is 9.46. The second-order valence-corrected chi connectivity index (χ2v) is 6.05. The van der Waals surface area contributed by atoms with Crippen LogP contribution in [0.3, 0.4) is 0 Å². The van der Waals surface area contributed by atoms with Gasteiger partial charge in [0, 0.05) is 5.69 Å². The molecule has 0 unspecified atom stereocenters. The Balaban J connectivity index is 1.68. The quantitative estimate of drug-likeness (QED) is 0.667. The van der Waals surface area contributed by atoms with Crippen molar-refractivity contribution < 1.29 is 14.3 Å². The van der Waals surface area contributed by atoms with Gasteiger partial charge in [0.2, 0.25) is 0 Å². The highest BCUT2D eigenvalue weighted by molar-refractivity contribution is 5.85. The third kappa shape index (κ3) is 6.12. The minimum Gasteiger partial charge on any atom is -0.484 e. The Morgan fingerprint density at radius 3 is 2.31 bits per heavy atom. The van der Waals surface area contributed by atoms with E-state index in [2.05, 4.69) is 23.1 Å². The molecule has 0 radical (unpaired) electrons. The zero-order valence-electron chi connectivity index (χ0n) is 15.4. The maximum Gasteiger partial charge on any atom is 0.276 e. The van der Waals surface area contributed by atoms with Gasteiger partial charge < -0.3 is 10.1 Å². The van der Waals surface area contributed by atoms with E-state index in [9.17, 15) is 9.59 Å². The number of nitrogens with one attached hydrogen (secondary N) is 3. The highest BCUT2D eigenvalue weighted by Gasteiger charge is 2.06. The monoisotopic (exact) mass is 355 g/mol. The zero-order valence-corrected chi connectivity index (χ0v) is 15.4. The standard InChI is InChI=1S/C20H25N3O3/c1-4-16-6-8-17(9-7-16)26-13-20(25)23-22-19(24)12-21-18-10-5-14(2)11-15(18)3/h5-11,21H,4,12-13H2,1-3H3,(H,22,24)(H,23,25). The van der Waals surface area contributed by atoms with Crippen LogP contribution in [0.1, 0.15) is 23.6 Å². The number of hydrogen-bond donors (Lipinski definition) is 3. The summed E-state index contributed by atoms with van der Waals surface area (Å²) in [4.78, 5) is 23.6. The molecular formula is C20H25N3O3. The molecule has 0 saturated carbocycles. The Bertz CT molecular complexity index is 757. The van der Waals surface area contributed by atoms with Crippen LogP contribution in [0.15, 0.2) is 42.5 Å². The summed E-state index contributed by atoms with van der Waals surface area (Å²) in [5.41, 5.74) is 8.99. The predicted molar refractivity (Wildman–Crippen MR) is 102 cm³/mol. The van der Waals surface area contributed by atoms with E-state index >= 15 is 0 Å². The summed E-state index contributed by atoms with van der Waals surface area (Å²) in [5, 5.41) is 3.04. The first kappa shape index (κ1) is 19.3. The van der Waals surface area contributed by atoms with E-state index in [1.807, 2.05) is 56.3 Å². The summed E-state index contributed by atoms with van der Waals surface area (Å²) in [6.45, 7) is 5.94. The number of hydrogen-bond acceptors (Lipinski definition) is 4. The average Bonchev–Trinajstić information content (AvgIpc) is 2.64. The molecule has 2 aromatic carbocycles. The smallest absolute Gasteiger partial charge is 0.276 e. The van der Waals surface area contributed by atoms with Crippen molar-refractivity contribution >= 4 is 17.5 Å². The molecule has 2 rings (SSSR count). The molecule has 6 nitrogen and oxygen atoms in total. The molecule has 0 aliphatic rings. The summed E-state index contributed by atoms with van der Waals surface area (Å²) < 4.78 is 5.38. The molecule has 0 fully saturated rings. The fourth-order valence-corrected chi connectivity index (χ4v) is 2.38. The predicted octanol–water partition coefficient (Wildman–Crippen LogP) is 2.50. The summed E-state index contributed by atoms with van der Waals surface area (Å²) >= 11 is 0. The Hall–Kier alpha value is -3.02. The van der Waals surface area contributed by atoms with Crippen molar-refractivity contribution in [1.82, 2.24) is 10.9 Å². The van der Waals surface area contributed by atoms with Gasteiger partial charge >= 0.3 is 0 Å². The van der Waals surface area contributed by atoms with Gasteiger partial charge in [-0.2, -0.15) is 0 Å². The van der Waals surface area contributed by atoms with Crippen LogP contribution < -0.4 is 20.9 Å². The van der Waals surface area contributed by atoms with E-state index in [4.69, 9.17) is 4.74 Å². The molecule has 0 saturated heterocycles. The van der Waals surface area contributed by atoms with E-state index in [1.54, 1.807) is 0 Å². The van der Waals surface area contributed by atoms with Crippen LogP contribution in [0.4, 0.5) is 5.69 Å². The molecule has 2 amide bonds. The van der Waals surface area contributed by atoms with Gasteiger partial charge in [-0.3, -0.25) is 20.4 Å². The third-order valence-corrected chi connectivity index (χ3v) is 3.86. The zero-order chi connectivity index (χ0) is 18.9. The maximum absolute atomic E-state index is 11.8. The van der Waals surface area contributed by atoms with Gasteiger partial charge in [0.25, 0.3) is 11.8 Å². The molecule has 0 heterocycles. The Kier molecular flexibility index (Phi) is 7.02. The second-order valence-electron chi connectivity index (χ2n) is 6.05. The summed E-state index contributed by atoms with van der Waals surface area (Å²) in [5.74, 6) is -0.157. The highest BCUT2D eigenvalue weighted by atomic mass is 16.5. The molecule has 3 N–H and O–H groups in total. The average molecular weight is 355 g/mol. The lowest BCUT2D eigenvalue weighted by Gasteiger charge is -2.11. The van der Waals surface area contributed by atoms with Gasteiger partial charge in [-0.15, -0.1) is 0 Å². The summed E-state index contributed by atoms with van der Waals surface area (Å²) in [7, 11) is 0. The van der Waals surface area contributed by atoms with E-state index in [0.29, 0.717) is 5.75 Å². The molecule has 138 valence electrons. The van der Waals surface area contributed by atoms with Crippen LogP contribution in [0.25, 0.3) is 0 Å². The largest absolute Gasteiger partial charge is 0.484 e. The molecule has 0 atom stereocenters. The number of rotatable bonds is 7. The number of hydrazine groups is 1. The molecule has 0 bridgehead atoms. The van der Waals surface area contributed by atoms with Crippen molar-refractivity contribution in [3.8, 4) is 5.75 Å². The first-order valence-corrected chi connectivity index (χ1v) is 8.58. The fraction of sp³-hybridized carbons (Fsp3) is 0.300. The number of carbonyl (C=O) groups excluding carboxylic acids is 2. The Morgan fingerprint density at radius 2 is 1.65 bits per heavy atom. The molecule has 0 aliphatic carbocycles. The van der Waals surface area contributed by atoms with Crippen molar-refractivity contribution in [1.29, 1.82) is 0 Å². The van der Waals surface area contributed by atoms with Gasteiger partial charge in [0.05, 0.1) is 6.54 Å². The van der Waals surface area contributed by atoms with Crippen molar-refractivity contribution in [2.24, 2.45) is 0 Å². The number of amides is 2. The fourth-order valence-electron chi connectivity index (χ4n) is 2.38. The van der Waals surface area contributed by atoms with Gasteiger partial charge in [-0.05, 0) is 49.6 Å². The van der Waals surface area contributed by atoms with Gasteiger partial charge in [-0.1, -0.05) is 36.8 Å². The lowest BCUT2D eigenvalue weighted by molar-refractivity contribution is -0.129. The topological polar surface area (TPSA) is 79.5 Å². The van der Waals surface area contributed by atoms with E-state index in [1.165, 1.54) is 5.56 Å². The van der Waals surface area contributed by atoms with Crippen molar-refractivity contribution in [3.63, 3.8) is 0 Å². The van der Waals surface area contributed by atoms with Gasteiger partial charge in [-0.25, -0.2) is 0 Å². The lowest BCUT2D eigenvalue weighted by atomic mass is 10.1. The summed E-state index contributed by atoms with van der Waals surface area (Å²) in [6, 6.07) is 13.5. The maximum atomic E-state index is 11.8. The van der Waals surface area contributed by atoms with Crippen LogP contribution in [-0.2, 0) is 16.0 Å². The first-order valence-electron chi connectivity index (χ1n) is 8.58. The lowest BCUT2D eigenvalue weighted by Crippen LogP contribution is -2.46. The van der Waals surface area contributed by atoms with E-state index in [-0.39, 0.29) is 19.1 Å². The number of anilines is 1. The minimum absolute atomic E-state index is 0.0590. The third-order valence-electron chi connectivity index (χ3n) is 3.86. The number of carbonyl (C=O) groups is 2. The highest BCUT2D eigenvalue weighted by Crippen LogP contribution is 2.15. The normalized spacial score (nSPS) is 10.1. The van der Waals surface area contributed by atoms with E-state index in [0.717, 1.165) is 23.2 Å². The van der Waals surface area contributed by atoms with Crippen LogP contribution in [-0.4, -0.2) is 25.0 Å². The molecule has 0 aromatic heterocycles. The molecule has 6 heteroatoms. The van der Waals surface area contributed by atoms with Crippen LogP contribution in [0.2, 0.25) is 0 Å². The number of ether oxygens (including phenoxy) is 1. The number of aryl methyl sites for hydroxylation is 3. The molecule has 2 aromatic rings. The summed E-state index contributed by atoms with van der Waals surface area (Å²) in [6.07, 6.45) is 0.947. The first-order chi connectivity index (χ1) is 12.5. The number of benzene rings is 2. The minimum atomic E-state index is -0.426. The van der Waals surface area contributed by atoms with Crippen molar-refractivity contribution in [2.75, 3.05) is 18.5 Å². The molecule has 0 aliphatic heterocycles.